The molecule has 0 spiro atoms. The van der Waals surface area contributed by atoms with E-state index in [1.54, 1.807) is 31.5 Å². The van der Waals surface area contributed by atoms with Crippen LogP contribution in [0.1, 0.15) is 17.4 Å². The lowest BCUT2D eigenvalue weighted by Crippen LogP contribution is -2.07. The summed E-state index contributed by atoms with van der Waals surface area (Å²) in [5.74, 6) is -0.190. The predicted octanol–water partition coefficient (Wildman–Crippen LogP) is 1.79. The second-order valence-corrected chi connectivity index (χ2v) is 4.18. The highest BCUT2D eigenvalue weighted by molar-refractivity contribution is 9.10. The van der Waals surface area contributed by atoms with E-state index in [1.807, 2.05) is 0 Å². The third-order valence-corrected chi connectivity index (χ3v) is 3.00. The minimum absolute atomic E-state index is 0.151. The van der Waals surface area contributed by atoms with Gasteiger partial charge in [-0.25, -0.2) is 9.48 Å². The monoisotopic (exact) mass is 310 g/mol. The van der Waals surface area contributed by atoms with Gasteiger partial charge in [0.05, 0.1) is 23.0 Å². The first kappa shape index (κ1) is 12.6. The van der Waals surface area contributed by atoms with Crippen molar-refractivity contribution in [3.05, 3.63) is 34.7 Å². The number of nitrogens with zero attached hydrogens (tertiary/aromatic N) is 3. The van der Waals surface area contributed by atoms with Gasteiger partial charge in [-0.15, -0.1) is 0 Å². The fourth-order valence-corrected chi connectivity index (χ4v) is 1.83. The van der Waals surface area contributed by atoms with Crippen molar-refractivity contribution in [3.8, 4) is 5.69 Å². The summed E-state index contributed by atoms with van der Waals surface area (Å²) in [5.41, 5.74) is 6.71. The summed E-state index contributed by atoms with van der Waals surface area (Å²) < 4.78 is 6.75. The van der Waals surface area contributed by atoms with Gasteiger partial charge in [0, 0.05) is 6.20 Å². The van der Waals surface area contributed by atoms with E-state index >= 15 is 0 Å². The van der Waals surface area contributed by atoms with Gasteiger partial charge in [-0.2, -0.15) is 5.10 Å². The van der Waals surface area contributed by atoms with Crippen molar-refractivity contribution < 1.29 is 9.53 Å². The predicted molar refractivity (Wildman–Crippen MR) is 69.4 cm³/mol. The number of halogens is 1. The van der Waals surface area contributed by atoms with Gasteiger partial charge in [0.25, 0.3) is 0 Å². The number of nitrogens with two attached hydrogens (primary N) is 1. The van der Waals surface area contributed by atoms with Crippen LogP contribution >= 0.6 is 15.9 Å². The maximum atomic E-state index is 11.7. The normalized spacial score (nSPS) is 10.3. The first-order valence-electron chi connectivity index (χ1n) is 5.26. The standard InChI is InChI=1S/C11H11BrN4O2/c1-2-18-11(17)9-8(12)10(13)16(15-9)7-4-3-5-14-6-7/h3-6H,2,13H2,1H3. The molecule has 18 heavy (non-hydrogen) atoms. The molecule has 0 saturated heterocycles. The van der Waals surface area contributed by atoms with Crippen LogP contribution in [0.4, 0.5) is 5.82 Å². The molecular formula is C11H11BrN4O2. The van der Waals surface area contributed by atoms with Crippen molar-refractivity contribution in [1.82, 2.24) is 14.8 Å². The Hall–Kier alpha value is -1.89. The number of anilines is 1. The molecule has 2 rings (SSSR count). The third kappa shape index (κ3) is 2.21. The Morgan fingerprint density at radius 2 is 2.39 bits per heavy atom. The van der Waals surface area contributed by atoms with Gasteiger partial charge in [-0.3, -0.25) is 4.98 Å². The topological polar surface area (TPSA) is 83.0 Å². The van der Waals surface area contributed by atoms with Crippen molar-refractivity contribution in [2.75, 3.05) is 12.3 Å². The van der Waals surface area contributed by atoms with E-state index in [0.29, 0.717) is 16.0 Å². The summed E-state index contributed by atoms with van der Waals surface area (Å²) >= 11 is 3.24. The molecular weight excluding hydrogens is 300 g/mol. The van der Waals surface area contributed by atoms with Crippen LogP contribution in [0.15, 0.2) is 29.0 Å². The quantitative estimate of drug-likeness (QED) is 0.874. The maximum Gasteiger partial charge on any atom is 0.360 e. The van der Waals surface area contributed by atoms with Crippen LogP contribution in [0, 0.1) is 0 Å². The van der Waals surface area contributed by atoms with Gasteiger partial charge in [-0.1, -0.05) is 0 Å². The molecule has 0 aliphatic rings. The number of carbonyl (C=O) groups excluding carboxylic acids is 1. The van der Waals surface area contributed by atoms with Gasteiger partial charge in [0.15, 0.2) is 5.69 Å². The Bertz CT molecular complexity index is 568. The molecule has 6 nitrogen and oxygen atoms in total. The molecule has 7 heteroatoms. The lowest BCUT2D eigenvalue weighted by atomic mass is 10.4. The zero-order chi connectivity index (χ0) is 13.1. The fraction of sp³-hybridized carbons (Fsp3) is 0.182. The van der Waals surface area contributed by atoms with Crippen molar-refractivity contribution in [2.24, 2.45) is 0 Å². The molecule has 2 N–H and O–H groups in total. The van der Waals surface area contributed by atoms with Gasteiger partial charge in [0.2, 0.25) is 0 Å². The van der Waals surface area contributed by atoms with Crippen LogP contribution in [0.5, 0.6) is 0 Å². The van der Waals surface area contributed by atoms with Crippen LogP contribution in [0.25, 0.3) is 5.69 Å². The Morgan fingerprint density at radius 3 is 3.00 bits per heavy atom. The summed E-state index contributed by atoms with van der Waals surface area (Å²) in [6.45, 7) is 2.01. The van der Waals surface area contributed by atoms with E-state index in [0.717, 1.165) is 0 Å². The van der Waals surface area contributed by atoms with Gasteiger partial charge >= 0.3 is 5.97 Å². The lowest BCUT2D eigenvalue weighted by molar-refractivity contribution is 0.0518. The molecule has 0 radical (unpaired) electrons. The van der Waals surface area contributed by atoms with Crippen LogP contribution in [0.2, 0.25) is 0 Å². The van der Waals surface area contributed by atoms with Gasteiger partial charge in [0.1, 0.15) is 5.82 Å². The second kappa shape index (κ2) is 5.18. The molecule has 0 aliphatic carbocycles. The molecule has 2 heterocycles. The Labute approximate surface area is 112 Å². The summed E-state index contributed by atoms with van der Waals surface area (Å²) in [7, 11) is 0. The van der Waals surface area contributed by atoms with Crippen molar-refractivity contribution in [3.63, 3.8) is 0 Å². The number of carbonyl (C=O) groups is 1. The molecule has 0 aromatic carbocycles. The summed E-state index contributed by atoms with van der Waals surface area (Å²) in [4.78, 5) is 15.6. The summed E-state index contributed by atoms with van der Waals surface area (Å²) in [5, 5.41) is 4.13. The molecule has 0 unspecified atom stereocenters. The van der Waals surface area contributed by atoms with E-state index in [2.05, 4.69) is 26.0 Å². The number of nitrogen functional groups attached to an aromatic ring is 1. The Morgan fingerprint density at radius 1 is 1.61 bits per heavy atom. The van der Waals surface area contributed by atoms with Gasteiger partial charge in [-0.05, 0) is 35.0 Å². The van der Waals surface area contributed by atoms with Gasteiger partial charge < -0.3 is 10.5 Å². The maximum absolute atomic E-state index is 11.7. The van der Waals surface area contributed by atoms with Crippen LogP contribution < -0.4 is 5.73 Å². The lowest BCUT2D eigenvalue weighted by Gasteiger charge is -2.01. The molecule has 0 amide bonds. The highest BCUT2D eigenvalue weighted by atomic mass is 79.9. The zero-order valence-electron chi connectivity index (χ0n) is 9.63. The molecule has 0 fully saturated rings. The van der Waals surface area contributed by atoms with Crippen LogP contribution in [-0.4, -0.2) is 27.3 Å². The van der Waals surface area contributed by atoms with E-state index in [1.165, 1.54) is 4.68 Å². The second-order valence-electron chi connectivity index (χ2n) is 3.39. The Balaban J connectivity index is 2.46. The molecule has 94 valence electrons. The molecule has 0 atom stereocenters. The average molecular weight is 311 g/mol. The van der Waals surface area contributed by atoms with Crippen molar-refractivity contribution in [1.29, 1.82) is 0 Å². The minimum Gasteiger partial charge on any atom is -0.461 e. The SMILES string of the molecule is CCOC(=O)c1nn(-c2cccnc2)c(N)c1Br. The smallest absolute Gasteiger partial charge is 0.360 e. The van der Waals surface area contributed by atoms with E-state index in [4.69, 9.17) is 10.5 Å². The number of rotatable bonds is 3. The number of aromatic nitrogens is 3. The van der Waals surface area contributed by atoms with Crippen molar-refractivity contribution in [2.45, 2.75) is 6.92 Å². The highest BCUT2D eigenvalue weighted by Crippen LogP contribution is 2.26. The number of hydrogen-bond donors (Lipinski definition) is 1. The summed E-state index contributed by atoms with van der Waals surface area (Å²) in [6, 6.07) is 3.55. The minimum atomic E-state index is -0.515. The fourth-order valence-electron chi connectivity index (χ4n) is 1.42. The molecule has 2 aromatic rings. The first-order chi connectivity index (χ1) is 8.65. The Kier molecular flexibility index (Phi) is 3.61. The van der Waals surface area contributed by atoms with Crippen LogP contribution in [0.3, 0.4) is 0 Å². The van der Waals surface area contributed by atoms with E-state index in [-0.39, 0.29) is 12.3 Å². The van der Waals surface area contributed by atoms with Crippen molar-refractivity contribution >= 4 is 27.7 Å². The zero-order valence-corrected chi connectivity index (χ0v) is 11.2. The number of esters is 1. The van der Waals surface area contributed by atoms with E-state index < -0.39 is 5.97 Å². The van der Waals surface area contributed by atoms with E-state index in [9.17, 15) is 4.79 Å². The molecule has 0 aliphatic heterocycles. The average Bonchev–Trinajstić information content (AvgIpc) is 2.68. The highest BCUT2D eigenvalue weighted by Gasteiger charge is 2.21. The molecule has 2 aromatic heterocycles. The third-order valence-electron chi connectivity index (χ3n) is 2.22. The number of ether oxygens (including phenoxy) is 1. The molecule has 0 bridgehead atoms. The number of hydrogen-bond acceptors (Lipinski definition) is 5. The van der Waals surface area contributed by atoms with Crippen LogP contribution in [-0.2, 0) is 4.74 Å². The first-order valence-corrected chi connectivity index (χ1v) is 6.06. The summed E-state index contributed by atoms with van der Waals surface area (Å²) in [6.07, 6.45) is 3.25. The molecule has 0 saturated carbocycles. The number of pyridine rings is 1. The largest absolute Gasteiger partial charge is 0.461 e.